The molecular weight excluding hydrogens is 274 g/mol. The molecule has 6 nitrogen and oxygen atoms in total. The van der Waals surface area contributed by atoms with E-state index in [-0.39, 0.29) is 5.91 Å². The third-order valence-electron chi connectivity index (χ3n) is 3.07. The Morgan fingerprint density at radius 2 is 2.30 bits per heavy atom. The number of thiazole rings is 1. The van der Waals surface area contributed by atoms with Gasteiger partial charge in [0.15, 0.2) is 5.13 Å². The van der Waals surface area contributed by atoms with Crippen molar-refractivity contribution >= 4 is 22.4 Å². The van der Waals surface area contributed by atoms with Gasteiger partial charge in [0.2, 0.25) is 5.91 Å². The molecule has 1 unspecified atom stereocenters. The fourth-order valence-electron chi connectivity index (χ4n) is 2.03. The number of nitrogens with one attached hydrogen (secondary N) is 2. The minimum atomic E-state index is -0.432. The van der Waals surface area contributed by atoms with Crippen LogP contribution in [0.15, 0.2) is 12.4 Å². The zero-order chi connectivity index (χ0) is 14.7. The number of nitrogens with zero attached hydrogens (tertiary/aromatic N) is 3. The zero-order valence-corrected chi connectivity index (χ0v) is 12.9. The highest BCUT2D eigenvalue weighted by atomic mass is 32.1. The molecule has 1 atom stereocenters. The van der Waals surface area contributed by atoms with Crippen molar-refractivity contribution in [2.45, 2.75) is 26.3 Å². The largest absolute Gasteiger partial charge is 0.305 e. The molecule has 0 aliphatic carbocycles. The van der Waals surface area contributed by atoms with Gasteiger partial charge < -0.3 is 10.6 Å². The van der Waals surface area contributed by atoms with Gasteiger partial charge in [0.25, 0.3) is 0 Å². The van der Waals surface area contributed by atoms with Gasteiger partial charge in [-0.25, -0.2) is 4.98 Å². The average molecular weight is 293 g/mol. The predicted molar refractivity (Wildman–Crippen MR) is 79.9 cm³/mol. The molecule has 2 aromatic heterocycles. The number of rotatable bonds is 5. The summed E-state index contributed by atoms with van der Waals surface area (Å²) in [6, 6.07) is -0.432. The molecule has 0 radical (unpaired) electrons. The Morgan fingerprint density at radius 3 is 2.80 bits per heavy atom. The second-order valence-electron chi connectivity index (χ2n) is 4.53. The van der Waals surface area contributed by atoms with Gasteiger partial charge in [0.1, 0.15) is 6.04 Å². The Kier molecular flexibility index (Phi) is 4.51. The first-order valence-electron chi connectivity index (χ1n) is 6.48. The van der Waals surface area contributed by atoms with Gasteiger partial charge in [-0.15, -0.1) is 11.3 Å². The summed E-state index contributed by atoms with van der Waals surface area (Å²) < 4.78 is 1.68. The van der Waals surface area contributed by atoms with E-state index in [4.69, 9.17) is 0 Å². The molecule has 1 amide bonds. The van der Waals surface area contributed by atoms with Crippen molar-refractivity contribution in [2.24, 2.45) is 7.05 Å². The number of amides is 1. The van der Waals surface area contributed by atoms with Gasteiger partial charge in [0.05, 0.1) is 11.9 Å². The van der Waals surface area contributed by atoms with Crippen molar-refractivity contribution in [1.29, 1.82) is 0 Å². The zero-order valence-electron chi connectivity index (χ0n) is 12.1. The Hall–Kier alpha value is -1.73. The Bertz CT molecular complexity index is 604. The molecule has 0 saturated carbocycles. The fraction of sp³-hybridized carbons (Fsp3) is 0.462. The van der Waals surface area contributed by atoms with Gasteiger partial charge in [-0.3, -0.25) is 9.48 Å². The monoisotopic (exact) mass is 293 g/mol. The van der Waals surface area contributed by atoms with E-state index >= 15 is 0 Å². The molecule has 0 aliphatic rings. The maximum atomic E-state index is 12.3. The lowest BCUT2D eigenvalue weighted by Crippen LogP contribution is -2.30. The lowest BCUT2D eigenvalue weighted by Gasteiger charge is -2.12. The topological polar surface area (TPSA) is 71.8 Å². The summed E-state index contributed by atoms with van der Waals surface area (Å²) in [7, 11) is 3.58. The van der Waals surface area contributed by atoms with E-state index in [0.717, 1.165) is 22.6 Å². The summed E-state index contributed by atoms with van der Waals surface area (Å²) in [6.07, 6.45) is 4.38. The van der Waals surface area contributed by atoms with Crippen LogP contribution in [0.25, 0.3) is 0 Å². The van der Waals surface area contributed by atoms with Gasteiger partial charge in [-0.2, -0.15) is 5.10 Å². The number of anilines is 1. The minimum Gasteiger partial charge on any atom is -0.305 e. The molecule has 108 valence electrons. The molecule has 0 aromatic carbocycles. The number of carbonyl (C=O) groups is 1. The quantitative estimate of drug-likeness (QED) is 0.879. The molecule has 0 saturated heterocycles. The van der Waals surface area contributed by atoms with Gasteiger partial charge in [-0.1, -0.05) is 6.92 Å². The van der Waals surface area contributed by atoms with Gasteiger partial charge in [-0.05, 0) is 20.4 Å². The SMILES string of the molecule is CCc1nc(NC(=O)C(NC)c2cnn(C)c2)sc1C. The van der Waals surface area contributed by atoms with E-state index in [9.17, 15) is 4.79 Å². The van der Waals surface area contributed by atoms with Crippen LogP contribution in [-0.4, -0.2) is 27.7 Å². The summed E-state index contributed by atoms with van der Waals surface area (Å²) in [6.45, 7) is 4.07. The highest BCUT2D eigenvalue weighted by Crippen LogP contribution is 2.23. The van der Waals surface area contributed by atoms with Crippen molar-refractivity contribution in [3.05, 3.63) is 28.5 Å². The van der Waals surface area contributed by atoms with E-state index in [2.05, 4.69) is 27.6 Å². The van der Waals surface area contributed by atoms with Gasteiger partial charge in [0, 0.05) is 23.7 Å². The van der Waals surface area contributed by atoms with E-state index in [1.54, 1.807) is 17.9 Å². The molecule has 0 spiro atoms. The molecule has 0 aliphatic heterocycles. The number of likely N-dealkylation sites (N-methyl/N-ethyl adjacent to an activating group) is 1. The van der Waals surface area contributed by atoms with Gasteiger partial charge >= 0.3 is 0 Å². The number of hydrogen-bond acceptors (Lipinski definition) is 5. The summed E-state index contributed by atoms with van der Waals surface area (Å²) >= 11 is 1.50. The van der Waals surface area contributed by atoms with Crippen LogP contribution in [0.2, 0.25) is 0 Å². The predicted octanol–water partition coefficient (Wildman–Crippen LogP) is 1.65. The molecule has 0 bridgehead atoms. The van der Waals surface area contributed by atoms with Crippen LogP contribution >= 0.6 is 11.3 Å². The van der Waals surface area contributed by atoms with Crippen LogP contribution in [0, 0.1) is 6.92 Å². The van der Waals surface area contributed by atoms with Crippen molar-refractivity contribution in [3.63, 3.8) is 0 Å². The van der Waals surface area contributed by atoms with Crippen molar-refractivity contribution in [2.75, 3.05) is 12.4 Å². The Labute approximate surface area is 122 Å². The number of aromatic nitrogens is 3. The summed E-state index contributed by atoms with van der Waals surface area (Å²) in [4.78, 5) is 17.9. The lowest BCUT2D eigenvalue weighted by molar-refractivity contribution is -0.118. The van der Waals surface area contributed by atoms with Crippen molar-refractivity contribution < 1.29 is 4.79 Å². The highest BCUT2D eigenvalue weighted by Gasteiger charge is 2.21. The maximum absolute atomic E-state index is 12.3. The standard InChI is InChI=1S/C13H19N5OS/c1-5-10-8(2)20-13(16-10)17-12(19)11(14-3)9-6-15-18(4)7-9/h6-7,11,14H,5H2,1-4H3,(H,16,17,19). The molecule has 7 heteroatoms. The summed E-state index contributed by atoms with van der Waals surface area (Å²) in [5, 5.41) is 10.6. The first kappa shape index (κ1) is 14.7. The second-order valence-corrected chi connectivity index (χ2v) is 5.74. The minimum absolute atomic E-state index is 0.128. The molecule has 2 rings (SSSR count). The van der Waals surface area contributed by atoms with E-state index in [1.165, 1.54) is 11.3 Å². The molecule has 0 fully saturated rings. The van der Waals surface area contributed by atoms with Crippen LogP contribution in [-0.2, 0) is 18.3 Å². The first-order valence-corrected chi connectivity index (χ1v) is 7.29. The number of carbonyl (C=O) groups excluding carboxylic acids is 1. The van der Waals surface area contributed by atoms with Crippen LogP contribution in [0.5, 0.6) is 0 Å². The molecule has 2 aromatic rings. The summed E-state index contributed by atoms with van der Waals surface area (Å²) in [5.41, 5.74) is 1.86. The Morgan fingerprint density at radius 1 is 1.55 bits per heavy atom. The normalized spacial score (nSPS) is 12.4. The van der Waals surface area contributed by atoms with Crippen molar-refractivity contribution in [1.82, 2.24) is 20.1 Å². The van der Waals surface area contributed by atoms with Crippen LogP contribution in [0.4, 0.5) is 5.13 Å². The smallest absolute Gasteiger partial charge is 0.247 e. The average Bonchev–Trinajstić information content (AvgIpc) is 2.97. The van der Waals surface area contributed by atoms with Crippen LogP contribution < -0.4 is 10.6 Å². The summed E-state index contributed by atoms with van der Waals surface area (Å²) in [5.74, 6) is -0.128. The molecule has 2 N–H and O–H groups in total. The van der Waals surface area contributed by atoms with Crippen LogP contribution in [0.3, 0.4) is 0 Å². The second kappa shape index (κ2) is 6.15. The van der Waals surface area contributed by atoms with E-state index < -0.39 is 6.04 Å². The fourth-order valence-corrected chi connectivity index (χ4v) is 2.93. The van der Waals surface area contributed by atoms with E-state index in [0.29, 0.717) is 5.13 Å². The van der Waals surface area contributed by atoms with Crippen molar-refractivity contribution in [3.8, 4) is 0 Å². The molecular formula is C13H19N5OS. The highest BCUT2D eigenvalue weighted by molar-refractivity contribution is 7.15. The lowest BCUT2D eigenvalue weighted by atomic mass is 10.1. The Balaban J connectivity index is 2.13. The molecule has 2 heterocycles. The van der Waals surface area contributed by atoms with E-state index in [1.807, 2.05) is 20.2 Å². The maximum Gasteiger partial charge on any atom is 0.247 e. The third-order valence-corrected chi connectivity index (χ3v) is 4.00. The number of aryl methyl sites for hydroxylation is 3. The first-order chi connectivity index (χ1) is 9.55. The third kappa shape index (κ3) is 3.05. The van der Waals surface area contributed by atoms with Crippen LogP contribution in [0.1, 0.15) is 29.1 Å². The molecule has 20 heavy (non-hydrogen) atoms. The number of hydrogen-bond donors (Lipinski definition) is 2.